The summed E-state index contributed by atoms with van der Waals surface area (Å²) in [6, 6.07) is 19.1. The fourth-order valence-corrected chi connectivity index (χ4v) is 6.92. The van der Waals surface area contributed by atoms with E-state index in [1.165, 1.54) is 12.1 Å². The molecule has 1 aliphatic heterocycles. The highest BCUT2D eigenvalue weighted by atomic mass is 32.2. The minimum absolute atomic E-state index is 0.0199. The van der Waals surface area contributed by atoms with E-state index in [1.54, 1.807) is 48.3 Å². The third kappa shape index (κ3) is 5.44. The summed E-state index contributed by atoms with van der Waals surface area (Å²) in [6.45, 7) is 3.78. The molecule has 10 nitrogen and oxygen atoms in total. The van der Waals surface area contributed by atoms with Crippen molar-refractivity contribution in [3.05, 3.63) is 90.5 Å². The molecule has 0 spiro atoms. The Morgan fingerprint density at radius 2 is 1.87 bits per heavy atom. The van der Waals surface area contributed by atoms with E-state index in [2.05, 4.69) is 20.6 Å². The number of benzene rings is 3. The van der Waals surface area contributed by atoms with E-state index in [0.717, 1.165) is 31.5 Å². The van der Waals surface area contributed by atoms with Gasteiger partial charge in [0.2, 0.25) is 21.9 Å². The number of rotatable bonds is 7. The number of aryl methyl sites for hydroxylation is 2. The van der Waals surface area contributed by atoms with Gasteiger partial charge >= 0.3 is 0 Å². The first-order valence-electron chi connectivity index (χ1n) is 15.0. The van der Waals surface area contributed by atoms with E-state index in [0.29, 0.717) is 61.8 Å². The highest BCUT2D eigenvalue weighted by Crippen LogP contribution is 2.42. The number of pyridine rings is 1. The molecular weight excluding hydrogens is 605 g/mol. The fraction of sp³-hybridized carbons (Fsp3) is 0.206. The zero-order valence-electron chi connectivity index (χ0n) is 25.3. The summed E-state index contributed by atoms with van der Waals surface area (Å²) in [5.41, 5.74) is 3.57. The van der Waals surface area contributed by atoms with Crippen LogP contribution in [0.5, 0.6) is 11.6 Å². The first-order valence-corrected chi connectivity index (χ1v) is 16.5. The molecule has 0 radical (unpaired) electrons. The molecule has 4 N–H and O–H groups in total. The number of primary sulfonamides is 1. The van der Waals surface area contributed by atoms with Gasteiger partial charge in [0.15, 0.2) is 0 Å². The molecule has 0 aliphatic carbocycles. The average Bonchev–Trinajstić information content (AvgIpc) is 3.38. The number of halogens is 1. The van der Waals surface area contributed by atoms with Gasteiger partial charge in [-0.15, -0.1) is 0 Å². The number of nitrogens with two attached hydrogens (primary N) is 1. The normalized spacial score (nSPS) is 15.3. The Morgan fingerprint density at radius 3 is 2.67 bits per heavy atom. The minimum atomic E-state index is -4.00. The van der Waals surface area contributed by atoms with Crippen LogP contribution in [0.15, 0.2) is 84.0 Å². The summed E-state index contributed by atoms with van der Waals surface area (Å²) in [6.07, 6.45) is 5.49. The van der Waals surface area contributed by atoms with Crippen LogP contribution in [-0.4, -0.2) is 47.1 Å². The third-order valence-corrected chi connectivity index (χ3v) is 9.41. The summed E-state index contributed by atoms with van der Waals surface area (Å²) in [4.78, 5) is 13.7. The molecule has 0 bridgehead atoms. The third-order valence-electron chi connectivity index (χ3n) is 8.44. The van der Waals surface area contributed by atoms with Crippen molar-refractivity contribution in [2.24, 2.45) is 12.2 Å². The van der Waals surface area contributed by atoms with Crippen LogP contribution >= 0.6 is 0 Å². The number of anilines is 1. The fourth-order valence-electron chi connectivity index (χ4n) is 6.18. The van der Waals surface area contributed by atoms with Crippen molar-refractivity contribution in [3.8, 4) is 34.1 Å². The molecular formula is C34H32FN7O3S. The topological polar surface area (TPSA) is 137 Å². The maximum atomic E-state index is 15.8. The zero-order valence-corrected chi connectivity index (χ0v) is 26.1. The number of piperidine rings is 1. The second kappa shape index (κ2) is 11.8. The molecule has 1 saturated heterocycles. The van der Waals surface area contributed by atoms with E-state index in [1.807, 2.05) is 37.3 Å². The van der Waals surface area contributed by atoms with Gasteiger partial charge in [-0.1, -0.05) is 18.2 Å². The summed E-state index contributed by atoms with van der Waals surface area (Å²) >= 11 is 0. The number of hydrogen-bond donors (Lipinski definition) is 3. The molecule has 0 saturated carbocycles. The first kappa shape index (κ1) is 29.8. The van der Waals surface area contributed by atoms with Crippen molar-refractivity contribution < 1.29 is 17.5 Å². The second-order valence-corrected chi connectivity index (χ2v) is 13.0. The maximum Gasteiger partial charge on any atom is 0.238 e. The van der Waals surface area contributed by atoms with E-state index in [9.17, 15) is 8.42 Å². The van der Waals surface area contributed by atoms with E-state index in [-0.39, 0.29) is 10.9 Å². The number of ether oxygens (including phenoxy) is 1. The Bertz CT molecular complexity index is 2230. The van der Waals surface area contributed by atoms with Crippen LogP contribution < -0.4 is 20.5 Å². The predicted molar refractivity (Wildman–Crippen MR) is 177 cm³/mol. The van der Waals surface area contributed by atoms with Gasteiger partial charge in [0, 0.05) is 53.9 Å². The largest absolute Gasteiger partial charge is 0.437 e. The lowest BCUT2D eigenvalue weighted by Crippen LogP contribution is -2.38. The molecule has 1 aliphatic rings. The number of aromatic nitrogens is 4. The Labute approximate surface area is 265 Å². The van der Waals surface area contributed by atoms with Crippen molar-refractivity contribution in [1.29, 1.82) is 0 Å². The van der Waals surface area contributed by atoms with Gasteiger partial charge in [-0.05, 0) is 85.8 Å². The van der Waals surface area contributed by atoms with E-state index in [4.69, 9.17) is 14.9 Å². The Hall–Kier alpha value is -4.91. The van der Waals surface area contributed by atoms with Crippen LogP contribution in [-0.2, 0) is 17.1 Å². The van der Waals surface area contributed by atoms with Crippen molar-refractivity contribution in [1.82, 2.24) is 24.8 Å². The molecule has 234 valence electrons. The number of nitrogens with zero attached hydrogens (tertiary/aromatic N) is 4. The summed E-state index contributed by atoms with van der Waals surface area (Å²) in [5, 5.41) is 14.0. The van der Waals surface area contributed by atoms with Gasteiger partial charge in [0.1, 0.15) is 11.6 Å². The maximum absolute atomic E-state index is 15.8. The van der Waals surface area contributed by atoms with Gasteiger partial charge in [-0.2, -0.15) is 0 Å². The molecule has 7 rings (SSSR count). The van der Waals surface area contributed by atoms with Crippen LogP contribution in [0.1, 0.15) is 18.4 Å². The van der Waals surface area contributed by atoms with Crippen molar-refractivity contribution in [2.45, 2.75) is 30.7 Å². The van der Waals surface area contributed by atoms with Crippen LogP contribution in [0.2, 0.25) is 0 Å². The molecule has 46 heavy (non-hydrogen) atoms. The van der Waals surface area contributed by atoms with Crippen LogP contribution in [0.25, 0.3) is 44.2 Å². The van der Waals surface area contributed by atoms with E-state index < -0.39 is 15.8 Å². The number of fused-ring (bicyclic) bond motifs is 2. The molecule has 3 aromatic carbocycles. The molecule has 0 unspecified atom stereocenters. The summed E-state index contributed by atoms with van der Waals surface area (Å²) in [5.74, 6) is 0.930. The highest BCUT2D eigenvalue weighted by Gasteiger charge is 2.22. The SMILES string of the molecule is Cc1ccc2c(-c3cc4c(S(N)(=O)=O)cccc4n3C)c(F)ccc2c1Oc1ncccc1-c1ccnc(N[C@H]2CCCNC2)n1. The first-order chi connectivity index (χ1) is 22.2. The molecule has 3 aromatic heterocycles. The quantitative estimate of drug-likeness (QED) is 0.197. The summed E-state index contributed by atoms with van der Waals surface area (Å²) < 4.78 is 48.8. The van der Waals surface area contributed by atoms with Crippen molar-refractivity contribution in [3.63, 3.8) is 0 Å². The van der Waals surface area contributed by atoms with Gasteiger partial charge in [-0.25, -0.2) is 32.9 Å². The van der Waals surface area contributed by atoms with Gasteiger partial charge in [0.25, 0.3) is 0 Å². The van der Waals surface area contributed by atoms with E-state index >= 15 is 4.39 Å². The van der Waals surface area contributed by atoms with Gasteiger partial charge in [0.05, 0.1) is 21.8 Å². The smallest absolute Gasteiger partial charge is 0.238 e. The lowest BCUT2D eigenvalue weighted by Gasteiger charge is -2.23. The monoisotopic (exact) mass is 637 g/mol. The van der Waals surface area contributed by atoms with Gasteiger partial charge < -0.3 is 19.9 Å². The summed E-state index contributed by atoms with van der Waals surface area (Å²) in [7, 11) is -2.23. The molecule has 12 heteroatoms. The Balaban J connectivity index is 1.32. The zero-order chi connectivity index (χ0) is 32.0. The van der Waals surface area contributed by atoms with Crippen molar-refractivity contribution in [2.75, 3.05) is 18.4 Å². The highest BCUT2D eigenvalue weighted by molar-refractivity contribution is 7.89. The molecule has 4 heterocycles. The lowest BCUT2D eigenvalue weighted by molar-refractivity contribution is 0.466. The standard InChI is InChI=1S/C34H32FN7O3S/c1-20-10-11-22-23(12-13-26(35)31(22)29-18-25-28(42(29)2)8-3-9-30(25)46(36,43)44)32(20)45-33-24(7-5-16-38-33)27-14-17-39-34(41-27)40-21-6-4-15-37-19-21/h3,5,7-14,16-18,21,37H,4,6,15,19H2,1-2H3,(H2,36,43,44)(H,39,40,41)/t21-/m0/s1. The number of nitrogens with one attached hydrogen (secondary N) is 2. The average molecular weight is 638 g/mol. The van der Waals surface area contributed by atoms with Crippen LogP contribution in [0, 0.1) is 12.7 Å². The predicted octanol–water partition coefficient (Wildman–Crippen LogP) is 5.90. The van der Waals surface area contributed by atoms with Gasteiger partial charge in [-0.3, -0.25) is 0 Å². The van der Waals surface area contributed by atoms with Crippen LogP contribution in [0.3, 0.4) is 0 Å². The second-order valence-electron chi connectivity index (χ2n) is 11.5. The van der Waals surface area contributed by atoms with Crippen molar-refractivity contribution >= 4 is 37.6 Å². The molecule has 1 fully saturated rings. The molecule has 1 atom stereocenters. The Morgan fingerprint density at radius 1 is 1.02 bits per heavy atom. The number of sulfonamides is 1. The molecule has 0 amide bonds. The molecule has 6 aromatic rings. The van der Waals surface area contributed by atoms with Crippen LogP contribution in [0.4, 0.5) is 10.3 Å². The Kier molecular flexibility index (Phi) is 7.63. The lowest BCUT2D eigenvalue weighted by atomic mass is 9.98. The number of hydrogen-bond acceptors (Lipinski definition) is 8. The minimum Gasteiger partial charge on any atom is -0.437 e.